The minimum Gasteiger partial charge on any atom is -0.494 e. The van der Waals surface area contributed by atoms with E-state index >= 15 is 0 Å². The molecule has 1 rings (SSSR count). The Balaban J connectivity index is 0. The van der Waals surface area contributed by atoms with Crippen molar-refractivity contribution in [3.05, 3.63) is 12.3 Å². The monoisotopic (exact) mass is 328 g/mol. The third kappa shape index (κ3) is 12.5. The largest absolute Gasteiger partial charge is 0.494 e. The van der Waals surface area contributed by atoms with Crippen LogP contribution in [0.1, 0.15) is 80.6 Å². The number of unbranched alkanes of at least 4 members (excludes halogenated alkanes) is 2. The first kappa shape index (κ1) is 24.7. The van der Waals surface area contributed by atoms with E-state index in [0.717, 1.165) is 18.7 Å². The van der Waals surface area contributed by atoms with Gasteiger partial charge in [0.25, 0.3) is 0 Å². The molecule has 0 bridgehead atoms. The Bertz CT molecular complexity index is 266. The average molecular weight is 329 g/mol. The first-order valence-corrected chi connectivity index (χ1v) is 9.83. The van der Waals surface area contributed by atoms with Gasteiger partial charge in [0.2, 0.25) is 0 Å². The minimum absolute atomic E-state index is 0.227. The van der Waals surface area contributed by atoms with Crippen molar-refractivity contribution in [1.29, 1.82) is 0 Å². The third-order valence-electron chi connectivity index (χ3n) is 3.69. The molecule has 0 aromatic heterocycles. The normalized spacial score (nSPS) is 19.7. The van der Waals surface area contributed by atoms with Gasteiger partial charge in [-0.05, 0) is 46.7 Å². The zero-order valence-electron chi connectivity index (χ0n) is 17.2. The van der Waals surface area contributed by atoms with E-state index in [0.29, 0.717) is 12.1 Å². The van der Waals surface area contributed by atoms with Crippen LogP contribution in [0.3, 0.4) is 0 Å². The fourth-order valence-corrected chi connectivity index (χ4v) is 2.70. The van der Waals surface area contributed by atoms with Crippen molar-refractivity contribution in [3.8, 4) is 0 Å². The molecule has 1 aliphatic rings. The van der Waals surface area contributed by atoms with E-state index in [4.69, 9.17) is 4.74 Å². The Hall–Kier alpha value is -0.540. The number of nitrogens with zero attached hydrogens (tertiary/aromatic N) is 1. The molecule has 1 saturated heterocycles. The quantitative estimate of drug-likeness (QED) is 0.464. The Morgan fingerprint density at radius 3 is 2.30 bits per heavy atom. The molecule has 0 amide bonds. The van der Waals surface area contributed by atoms with E-state index in [2.05, 4.69) is 44.6 Å². The van der Waals surface area contributed by atoms with Crippen LogP contribution in [-0.2, 0) is 4.74 Å². The molecular weight excluding hydrogens is 284 g/mol. The lowest BCUT2D eigenvalue weighted by atomic mass is 10.1. The van der Waals surface area contributed by atoms with Gasteiger partial charge >= 0.3 is 0 Å². The summed E-state index contributed by atoms with van der Waals surface area (Å²) < 4.78 is 5.70. The molecule has 23 heavy (non-hydrogen) atoms. The van der Waals surface area contributed by atoms with E-state index in [1.807, 2.05) is 27.7 Å². The molecule has 0 radical (unpaired) electrons. The van der Waals surface area contributed by atoms with Crippen molar-refractivity contribution < 1.29 is 4.74 Å². The summed E-state index contributed by atoms with van der Waals surface area (Å²) in [5, 5.41) is 3.65. The fourth-order valence-electron chi connectivity index (χ4n) is 2.70. The van der Waals surface area contributed by atoms with Gasteiger partial charge in [-0.1, -0.05) is 54.0 Å². The SMILES string of the molecule is C=C(OC(C)C)C1CCC(CN(C)CCCCC)N1.CC.CC. The highest BCUT2D eigenvalue weighted by Crippen LogP contribution is 2.20. The fraction of sp³-hybridized carbons (Fsp3) is 0.900. The van der Waals surface area contributed by atoms with Gasteiger partial charge in [0.15, 0.2) is 0 Å². The van der Waals surface area contributed by atoms with E-state index < -0.39 is 0 Å². The van der Waals surface area contributed by atoms with E-state index in [1.54, 1.807) is 0 Å². The summed E-state index contributed by atoms with van der Waals surface area (Å²) in [4.78, 5) is 2.45. The zero-order valence-corrected chi connectivity index (χ0v) is 17.2. The van der Waals surface area contributed by atoms with Crippen molar-refractivity contribution >= 4 is 0 Å². The third-order valence-corrected chi connectivity index (χ3v) is 3.69. The number of rotatable bonds is 9. The van der Waals surface area contributed by atoms with Crippen molar-refractivity contribution in [2.75, 3.05) is 20.1 Å². The first-order chi connectivity index (χ1) is 11.0. The molecule has 1 heterocycles. The highest BCUT2D eigenvalue weighted by atomic mass is 16.5. The molecule has 0 aliphatic carbocycles. The van der Waals surface area contributed by atoms with Gasteiger partial charge < -0.3 is 15.0 Å². The summed E-state index contributed by atoms with van der Waals surface area (Å²) in [7, 11) is 2.23. The molecule has 0 aromatic rings. The molecule has 1 N–H and O–H groups in total. The highest BCUT2D eigenvalue weighted by molar-refractivity contribution is 5.03. The molecule has 1 aliphatic heterocycles. The smallest absolute Gasteiger partial charge is 0.106 e. The summed E-state index contributed by atoms with van der Waals surface area (Å²) in [5.41, 5.74) is 0. The average Bonchev–Trinajstić information content (AvgIpc) is 2.99. The lowest BCUT2D eigenvalue weighted by Crippen LogP contribution is -2.39. The molecule has 0 saturated carbocycles. The van der Waals surface area contributed by atoms with Gasteiger partial charge in [-0.3, -0.25) is 0 Å². The minimum atomic E-state index is 0.227. The van der Waals surface area contributed by atoms with Crippen molar-refractivity contribution in [1.82, 2.24) is 10.2 Å². The van der Waals surface area contributed by atoms with Crippen LogP contribution in [0.25, 0.3) is 0 Å². The molecule has 140 valence electrons. The van der Waals surface area contributed by atoms with Gasteiger partial charge in [0.05, 0.1) is 12.1 Å². The number of hydrogen-bond donors (Lipinski definition) is 1. The second kappa shape index (κ2) is 16.3. The molecule has 2 atom stereocenters. The van der Waals surface area contributed by atoms with Gasteiger partial charge in [-0.2, -0.15) is 0 Å². The van der Waals surface area contributed by atoms with Gasteiger partial charge in [-0.15, -0.1) is 0 Å². The number of nitrogens with one attached hydrogen (secondary N) is 1. The van der Waals surface area contributed by atoms with Gasteiger partial charge in [-0.25, -0.2) is 0 Å². The Morgan fingerprint density at radius 1 is 1.17 bits per heavy atom. The summed E-state index contributed by atoms with van der Waals surface area (Å²) in [6, 6.07) is 0.931. The van der Waals surface area contributed by atoms with Crippen LogP contribution in [0.4, 0.5) is 0 Å². The van der Waals surface area contributed by atoms with Crippen LogP contribution < -0.4 is 5.32 Å². The number of likely N-dealkylation sites (N-methyl/N-ethyl adjacent to an activating group) is 1. The summed E-state index contributed by atoms with van der Waals surface area (Å²) >= 11 is 0. The molecule has 0 aromatic carbocycles. The summed E-state index contributed by atoms with van der Waals surface area (Å²) in [6.07, 6.45) is 6.55. The predicted octanol–water partition coefficient (Wildman–Crippen LogP) is 5.22. The van der Waals surface area contributed by atoms with E-state index in [1.165, 1.54) is 32.2 Å². The topological polar surface area (TPSA) is 24.5 Å². The maximum absolute atomic E-state index is 5.70. The second-order valence-electron chi connectivity index (χ2n) is 6.10. The van der Waals surface area contributed by atoms with Crippen LogP contribution in [0, 0.1) is 0 Å². The second-order valence-corrected chi connectivity index (χ2v) is 6.10. The lowest BCUT2D eigenvalue weighted by molar-refractivity contribution is 0.130. The van der Waals surface area contributed by atoms with Crippen molar-refractivity contribution in [3.63, 3.8) is 0 Å². The Kier molecular flexibility index (Phi) is 17.5. The van der Waals surface area contributed by atoms with Crippen molar-refractivity contribution in [2.24, 2.45) is 0 Å². The van der Waals surface area contributed by atoms with Crippen LogP contribution in [0.5, 0.6) is 0 Å². The lowest BCUT2D eigenvalue weighted by Gasteiger charge is -2.23. The summed E-state index contributed by atoms with van der Waals surface area (Å²) in [5.74, 6) is 0.908. The Morgan fingerprint density at radius 2 is 1.78 bits per heavy atom. The zero-order chi connectivity index (χ0) is 18.3. The molecule has 2 unspecified atom stereocenters. The van der Waals surface area contributed by atoms with Crippen LogP contribution in [0.15, 0.2) is 12.3 Å². The Labute approximate surface area is 146 Å². The van der Waals surface area contributed by atoms with Crippen molar-refractivity contribution in [2.45, 2.75) is 98.8 Å². The van der Waals surface area contributed by atoms with Gasteiger partial charge in [0.1, 0.15) is 5.76 Å². The van der Waals surface area contributed by atoms with Crippen LogP contribution in [-0.4, -0.2) is 43.2 Å². The summed E-state index contributed by atoms with van der Waals surface area (Å²) in [6.45, 7) is 20.8. The maximum Gasteiger partial charge on any atom is 0.106 e. The van der Waals surface area contributed by atoms with Crippen LogP contribution >= 0.6 is 0 Å². The molecule has 3 nitrogen and oxygen atoms in total. The molecular formula is C20H44N2O. The van der Waals surface area contributed by atoms with Crippen LogP contribution in [0.2, 0.25) is 0 Å². The van der Waals surface area contributed by atoms with E-state index in [9.17, 15) is 0 Å². The maximum atomic E-state index is 5.70. The predicted molar refractivity (Wildman–Crippen MR) is 105 cm³/mol. The number of hydrogen-bond acceptors (Lipinski definition) is 3. The first-order valence-electron chi connectivity index (χ1n) is 9.83. The molecule has 1 fully saturated rings. The molecule has 3 heteroatoms. The standard InChI is InChI=1S/C16H32N2O.2C2H6/c1-6-7-8-11-18(5)12-15-9-10-16(17-15)14(4)19-13(2)3;2*1-2/h13,15-17H,4,6-12H2,1-3,5H3;2*1-2H3. The number of ether oxygens (including phenoxy) is 1. The highest BCUT2D eigenvalue weighted by Gasteiger charge is 2.27. The van der Waals surface area contributed by atoms with Gasteiger partial charge in [0, 0.05) is 12.6 Å². The molecule has 0 spiro atoms. The van der Waals surface area contributed by atoms with E-state index in [-0.39, 0.29) is 6.10 Å².